The van der Waals surface area contributed by atoms with Gasteiger partial charge >= 0.3 is 0 Å². The van der Waals surface area contributed by atoms with Crippen molar-refractivity contribution in [3.05, 3.63) is 47.6 Å². The van der Waals surface area contributed by atoms with Gasteiger partial charge in [0.1, 0.15) is 0 Å². The largest absolute Gasteiger partial charge is 0.339 e. The molecule has 0 saturated heterocycles. The second kappa shape index (κ2) is 5.98. The van der Waals surface area contributed by atoms with Crippen LogP contribution >= 0.6 is 0 Å². The summed E-state index contributed by atoms with van der Waals surface area (Å²) in [6.45, 7) is 2.74. The van der Waals surface area contributed by atoms with Crippen LogP contribution in [0.4, 0.5) is 0 Å². The van der Waals surface area contributed by atoms with Crippen molar-refractivity contribution < 1.29 is 4.52 Å². The molecule has 2 aromatic rings. The van der Waals surface area contributed by atoms with Crippen LogP contribution in [0.15, 0.2) is 34.9 Å². The Kier molecular flexibility index (Phi) is 4.06. The fraction of sp³-hybridized carbons (Fsp3) is 0.529. The minimum absolute atomic E-state index is 0.0606. The van der Waals surface area contributed by atoms with Crippen LogP contribution in [-0.4, -0.2) is 16.7 Å². The average Bonchev–Trinajstić information content (AvgIpc) is 3.17. The molecule has 4 nitrogen and oxygen atoms in total. The maximum atomic E-state index is 5.68. The van der Waals surface area contributed by atoms with Crippen molar-refractivity contribution in [3.63, 3.8) is 0 Å². The number of nitrogens with zero attached hydrogens (tertiary/aromatic N) is 2. The molecule has 0 aliphatic heterocycles. The quantitative estimate of drug-likeness (QED) is 0.917. The minimum Gasteiger partial charge on any atom is -0.339 e. The van der Waals surface area contributed by atoms with Crippen molar-refractivity contribution >= 4 is 0 Å². The zero-order chi connectivity index (χ0) is 14.7. The van der Waals surface area contributed by atoms with Crippen LogP contribution in [0.2, 0.25) is 0 Å². The molecule has 1 aliphatic carbocycles. The predicted octanol–water partition coefficient (Wildman–Crippen LogP) is 3.07. The average molecular weight is 285 g/mol. The van der Waals surface area contributed by atoms with Gasteiger partial charge in [-0.3, -0.25) is 0 Å². The van der Waals surface area contributed by atoms with E-state index in [9.17, 15) is 0 Å². The zero-order valence-corrected chi connectivity index (χ0v) is 12.6. The van der Waals surface area contributed by atoms with E-state index in [1.165, 1.54) is 18.4 Å². The fourth-order valence-electron chi connectivity index (χ4n) is 3.29. The Hall–Kier alpha value is -1.68. The van der Waals surface area contributed by atoms with Crippen molar-refractivity contribution in [2.45, 2.75) is 44.4 Å². The molecule has 1 aromatic heterocycles. The molecule has 2 N–H and O–H groups in total. The van der Waals surface area contributed by atoms with Gasteiger partial charge in [-0.25, -0.2) is 0 Å². The summed E-state index contributed by atoms with van der Waals surface area (Å²) in [6, 6.07) is 10.6. The molecule has 1 heterocycles. The van der Waals surface area contributed by atoms with Crippen molar-refractivity contribution in [2.24, 2.45) is 11.7 Å². The van der Waals surface area contributed by atoms with Crippen LogP contribution in [0.1, 0.15) is 49.9 Å². The molecule has 0 spiro atoms. The van der Waals surface area contributed by atoms with Gasteiger partial charge in [0.2, 0.25) is 5.89 Å². The van der Waals surface area contributed by atoms with Crippen LogP contribution in [0.3, 0.4) is 0 Å². The summed E-state index contributed by atoms with van der Waals surface area (Å²) in [5.74, 6) is 1.94. The maximum Gasteiger partial charge on any atom is 0.226 e. The summed E-state index contributed by atoms with van der Waals surface area (Å²) in [5.41, 5.74) is 6.92. The second-order valence-electron chi connectivity index (χ2n) is 6.21. The third-order valence-corrected chi connectivity index (χ3v) is 4.61. The smallest absolute Gasteiger partial charge is 0.226 e. The van der Waals surface area contributed by atoms with E-state index < -0.39 is 0 Å². The van der Waals surface area contributed by atoms with Crippen LogP contribution in [0.25, 0.3) is 0 Å². The summed E-state index contributed by atoms with van der Waals surface area (Å²) in [6.07, 6.45) is 5.40. The van der Waals surface area contributed by atoms with E-state index in [4.69, 9.17) is 15.2 Å². The van der Waals surface area contributed by atoms with Gasteiger partial charge in [0.05, 0.1) is 5.41 Å². The van der Waals surface area contributed by atoms with Gasteiger partial charge in [-0.15, -0.1) is 0 Å². The van der Waals surface area contributed by atoms with E-state index in [0.717, 1.165) is 25.1 Å². The Bertz CT molecular complexity index is 573. The number of hydrogen-bond donors (Lipinski definition) is 1. The van der Waals surface area contributed by atoms with Gasteiger partial charge in [0.15, 0.2) is 5.82 Å². The first-order chi connectivity index (χ1) is 10.2. The van der Waals surface area contributed by atoms with E-state index >= 15 is 0 Å². The standard InChI is InChI=1S/C17H23N3O/c1-13(12-18)11-15-19-16(20-21-15)17(9-5-6-10-17)14-7-3-2-4-8-14/h2-4,7-8,13H,5-6,9-12,18H2,1H3. The monoisotopic (exact) mass is 285 g/mol. The summed E-state index contributed by atoms with van der Waals surface area (Å²) in [5, 5.41) is 4.31. The highest BCUT2D eigenvalue weighted by Crippen LogP contribution is 2.45. The van der Waals surface area contributed by atoms with Crippen LogP contribution in [-0.2, 0) is 11.8 Å². The summed E-state index contributed by atoms with van der Waals surface area (Å²) in [7, 11) is 0. The Morgan fingerprint density at radius 1 is 1.24 bits per heavy atom. The maximum absolute atomic E-state index is 5.68. The Balaban J connectivity index is 1.92. The molecule has 0 radical (unpaired) electrons. The normalized spacial score (nSPS) is 18.8. The SMILES string of the molecule is CC(CN)Cc1nc(C2(c3ccccc3)CCCC2)no1. The Morgan fingerprint density at radius 3 is 2.62 bits per heavy atom. The molecule has 0 bridgehead atoms. The third kappa shape index (κ3) is 2.72. The fourth-order valence-corrected chi connectivity index (χ4v) is 3.29. The lowest BCUT2D eigenvalue weighted by Gasteiger charge is -2.25. The highest BCUT2D eigenvalue weighted by atomic mass is 16.5. The van der Waals surface area contributed by atoms with Crippen LogP contribution < -0.4 is 5.73 Å². The van der Waals surface area contributed by atoms with Gasteiger partial charge in [0, 0.05) is 6.42 Å². The van der Waals surface area contributed by atoms with Crippen molar-refractivity contribution in [1.29, 1.82) is 0 Å². The van der Waals surface area contributed by atoms with Crippen LogP contribution in [0, 0.1) is 5.92 Å². The lowest BCUT2D eigenvalue weighted by atomic mass is 9.78. The first-order valence-corrected chi connectivity index (χ1v) is 7.83. The first kappa shape index (κ1) is 14.3. The molecule has 1 atom stereocenters. The number of benzene rings is 1. The van der Waals surface area contributed by atoms with E-state index in [2.05, 4.69) is 42.4 Å². The van der Waals surface area contributed by atoms with Crippen molar-refractivity contribution in [3.8, 4) is 0 Å². The molecule has 4 heteroatoms. The molecule has 0 amide bonds. The van der Waals surface area contributed by atoms with Gasteiger partial charge in [-0.2, -0.15) is 4.98 Å². The molecule has 1 unspecified atom stereocenters. The summed E-state index contributed by atoms with van der Waals surface area (Å²) < 4.78 is 5.48. The highest BCUT2D eigenvalue weighted by molar-refractivity contribution is 5.33. The predicted molar refractivity (Wildman–Crippen MR) is 81.9 cm³/mol. The van der Waals surface area contributed by atoms with E-state index in [1.807, 2.05) is 0 Å². The van der Waals surface area contributed by atoms with Crippen LogP contribution in [0.5, 0.6) is 0 Å². The van der Waals surface area contributed by atoms with E-state index in [1.54, 1.807) is 0 Å². The summed E-state index contributed by atoms with van der Waals surface area (Å²) in [4.78, 5) is 4.70. The number of aromatic nitrogens is 2. The zero-order valence-electron chi connectivity index (χ0n) is 12.6. The molecule has 1 aromatic carbocycles. The highest BCUT2D eigenvalue weighted by Gasteiger charge is 2.41. The molecule has 1 aliphatic rings. The minimum atomic E-state index is -0.0606. The topological polar surface area (TPSA) is 64.9 Å². The van der Waals surface area contributed by atoms with Crippen molar-refractivity contribution in [1.82, 2.24) is 10.1 Å². The first-order valence-electron chi connectivity index (χ1n) is 7.83. The lowest BCUT2D eigenvalue weighted by molar-refractivity contribution is 0.346. The molecule has 21 heavy (non-hydrogen) atoms. The molecule has 3 rings (SSSR count). The van der Waals surface area contributed by atoms with Gasteiger partial charge in [0.25, 0.3) is 0 Å². The number of hydrogen-bond acceptors (Lipinski definition) is 4. The van der Waals surface area contributed by atoms with E-state index in [0.29, 0.717) is 18.4 Å². The van der Waals surface area contributed by atoms with Crippen molar-refractivity contribution in [2.75, 3.05) is 6.54 Å². The molecular formula is C17H23N3O. The van der Waals surface area contributed by atoms with Gasteiger partial charge < -0.3 is 10.3 Å². The molecule has 112 valence electrons. The Morgan fingerprint density at radius 2 is 1.95 bits per heavy atom. The number of rotatable bonds is 5. The van der Waals surface area contributed by atoms with Gasteiger partial charge in [-0.1, -0.05) is 55.3 Å². The molecule has 1 saturated carbocycles. The van der Waals surface area contributed by atoms with E-state index in [-0.39, 0.29) is 5.41 Å². The molecule has 1 fully saturated rings. The number of nitrogens with two attached hydrogens (primary N) is 1. The van der Waals surface area contributed by atoms with Gasteiger partial charge in [-0.05, 0) is 30.9 Å². The third-order valence-electron chi connectivity index (χ3n) is 4.61. The summed E-state index contributed by atoms with van der Waals surface area (Å²) >= 11 is 0. The Labute approximate surface area is 125 Å². The lowest BCUT2D eigenvalue weighted by Crippen LogP contribution is -2.25. The second-order valence-corrected chi connectivity index (χ2v) is 6.21. The molecular weight excluding hydrogens is 262 g/mol.